The molecule has 0 saturated heterocycles. The molecule has 0 spiro atoms. The number of benzene rings is 1. The number of aryl methyl sites for hydroxylation is 1. The van der Waals surface area contributed by atoms with Crippen LogP contribution in [0.2, 0.25) is 0 Å². The Kier molecular flexibility index (Phi) is 2.46. The normalized spacial score (nSPS) is 17.9. The molecular formula is C12H16O2. The Labute approximate surface area is 84.5 Å². The average molecular weight is 192 g/mol. The van der Waals surface area contributed by atoms with Gasteiger partial charge in [0.05, 0.1) is 12.2 Å². The van der Waals surface area contributed by atoms with Gasteiger partial charge in [0.25, 0.3) is 0 Å². The van der Waals surface area contributed by atoms with Gasteiger partial charge in [0, 0.05) is 6.42 Å². The van der Waals surface area contributed by atoms with Gasteiger partial charge in [-0.05, 0) is 37.5 Å². The predicted octanol–water partition coefficient (Wildman–Crippen LogP) is 2.29. The van der Waals surface area contributed by atoms with E-state index in [0.29, 0.717) is 6.61 Å². The van der Waals surface area contributed by atoms with Gasteiger partial charge in [-0.1, -0.05) is 12.1 Å². The van der Waals surface area contributed by atoms with Gasteiger partial charge in [0.2, 0.25) is 0 Å². The summed E-state index contributed by atoms with van der Waals surface area (Å²) in [6.45, 7) is 2.65. The van der Waals surface area contributed by atoms with Crippen molar-refractivity contribution >= 4 is 0 Å². The van der Waals surface area contributed by atoms with E-state index in [0.717, 1.165) is 25.0 Å². The lowest BCUT2D eigenvalue weighted by atomic mass is 10.2. The average Bonchev–Trinajstić information content (AvgIpc) is 2.84. The summed E-state index contributed by atoms with van der Waals surface area (Å²) in [5.74, 6) is 0.897. The second-order valence-corrected chi connectivity index (χ2v) is 4.14. The summed E-state index contributed by atoms with van der Waals surface area (Å²) in [5.41, 5.74) is 0.803. The molecule has 1 aromatic carbocycles. The first-order valence-corrected chi connectivity index (χ1v) is 5.10. The summed E-state index contributed by atoms with van der Waals surface area (Å²) < 4.78 is 5.54. The quantitative estimate of drug-likeness (QED) is 0.793. The lowest BCUT2D eigenvalue weighted by molar-refractivity contribution is 0.117. The fourth-order valence-corrected chi connectivity index (χ4v) is 1.46. The van der Waals surface area contributed by atoms with Crippen LogP contribution in [0.1, 0.15) is 24.8 Å². The molecule has 1 N–H and O–H groups in total. The second kappa shape index (κ2) is 3.62. The van der Waals surface area contributed by atoms with Gasteiger partial charge < -0.3 is 9.84 Å². The van der Waals surface area contributed by atoms with Crippen LogP contribution in [0.5, 0.6) is 5.75 Å². The Bertz CT molecular complexity index is 316. The predicted molar refractivity (Wildman–Crippen MR) is 55.5 cm³/mol. The summed E-state index contributed by atoms with van der Waals surface area (Å²) in [5, 5.41) is 9.58. The largest absolute Gasteiger partial charge is 0.493 e. The number of rotatable bonds is 4. The third-order valence-corrected chi connectivity index (χ3v) is 2.65. The molecule has 1 aliphatic carbocycles. The molecule has 0 heterocycles. The standard InChI is InChI=1S/C12H16O2/c1-10-3-2-4-11(9-10)14-8-7-12(13)5-6-12/h2-4,9,13H,5-8H2,1H3. The molecule has 0 atom stereocenters. The topological polar surface area (TPSA) is 29.5 Å². The Hall–Kier alpha value is -1.02. The highest BCUT2D eigenvalue weighted by Gasteiger charge is 2.39. The van der Waals surface area contributed by atoms with Crippen molar-refractivity contribution in [2.24, 2.45) is 0 Å². The second-order valence-electron chi connectivity index (χ2n) is 4.14. The zero-order chi connectivity index (χ0) is 10.0. The first-order chi connectivity index (χ1) is 6.68. The summed E-state index contributed by atoms with van der Waals surface area (Å²) in [6, 6.07) is 7.98. The van der Waals surface area contributed by atoms with Gasteiger partial charge in [-0.3, -0.25) is 0 Å². The highest BCUT2D eigenvalue weighted by Crippen LogP contribution is 2.38. The smallest absolute Gasteiger partial charge is 0.119 e. The van der Waals surface area contributed by atoms with Crippen LogP contribution in [0.3, 0.4) is 0 Å². The molecule has 0 bridgehead atoms. The summed E-state index contributed by atoms with van der Waals surface area (Å²) in [4.78, 5) is 0. The van der Waals surface area contributed by atoms with E-state index in [1.54, 1.807) is 0 Å². The third kappa shape index (κ3) is 2.48. The van der Waals surface area contributed by atoms with E-state index < -0.39 is 5.60 Å². The molecule has 14 heavy (non-hydrogen) atoms. The van der Waals surface area contributed by atoms with Crippen LogP contribution in [-0.2, 0) is 0 Å². The van der Waals surface area contributed by atoms with Crippen LogP contribution < -0.4 is 4.74 Å². The van der Waals surface area contributed by atoms with E-state index >= 15 is 0 Å². The number of hydrogen-bond donors (Lipinski definition) is 1. The molecule has 1 aliphatic rings. The van der Waals surface area contributed by atoms with Crippen molar-refractivity contribution in [3.05, 3.63) is 29.8 Å². The molecule has 2 heteroatoms. The van der Waals surface area contributed by atoms with Gasteiger partial charge in [0.15, 0.2) is 0 Å². The maximum absolute atomic E-state index is 9.58. The lowest BCUT2D eigenvalue weighted by Gasteiger charge is -2.09. The van der Waals surface area contributed by atoms with Crippen molar-refractivity contribution in [1.82, 2.24) is 0 Å². The number of aliphatic hydroxyl groups is 1. The van der Waals surface area contributed by atoms with E-state index in [2.05, 4.69) is 0 Å². The molecule has 0 aromatic heterocycles. The molecule has 1 fully saturated rings. The van der Waals surface area contributed by atoms with Crippen molar-refractivity contribution in [3.8, 4) is 5.75 Å². The van der Waals surface area contributed by atoms with Gasteiger partial charge in [-0.15, -0.1) is 0 Å². The Morgan fingerprint density at radius 1 is 1.43 bits per heavy atom. The van der Waals surface area contributed by atoms with Crippen molar-refractivity contribution in [2.45, 2.75) is 31.8 Å². The first kappa shape index (κ1) is 9.53. The molecule has 1 aromatic rings. The summed E-state index contributed by atoms with van der Waals surface area (Å²) in [7, 11) is 0. The Balaban J connectivity index is 1.80. The molecule has 0 unspecified atom stereocenters. The van der Waals surface area contributed by atoms with Crippen LogP contribution in [0.25, 0.3) is 0 Å². The van der Waals surface area contributed by atoms with Crippen LogP contribution in [0, 0.1) is 6.92 Å². The minimum absolute atomic E-state index is 0.399. The van der Waals surface area contributed by atoms with Crippen molar-refractivity contribution in [3.63, 3.8) is 0 Å². The Morgan fingerprint density at radius 3 is 2.86 bits per heavy atom. The third-order valence-electron chi connectivity index (χ3n) is 2.65. The van der Waals surface area contributed by atoms with Crippen LogP contribution in [-0.4, -0.2) is 17.3 Å². The maximum Gasteiger partial charge on any atom is 0.119 e. The Morgan fingerprint density at radius 2 is 2.21 bits per heavy atom. The van der Waals surface area contributed by atoms with Crippen LogP contribution in [0.15, 0.2) is 24.3 Å². The van der Waals surface area contributed by atoms with Crippen molar-refractivity contribution in [2.75, 3.05) is 6.61 Å². The monoisotopic (exact) mass is 192 g/mol. The van der Waals surface area contributed by atoms with E-state index in [1.165, 1.54) is 5.56 Å². The van der Waals surface area contributed by atoms with Crippen LogP contribution >= 0.6 is 0 Å². The van der Waals surface area contributed by atoms with Crippen molar-refractivity contribution < 1.29 is 9.84 Å². The zero-order valence-corrected chi connectivity index (χ0v) is 8.49. The van der Waals surface area contributed by atoms with Crippen LogP contribution in [0.4, 0.5) is 0 Å². The van der Waals surface area contributed by atoms with Crippen molar-refractivity contribution in [1.29, 1.82) is 0 Å². The highest BCUT2D eigenvalue weighted by atomic mass is 16.5. The van der Waals surface area contributed by atoms with Gasteiger partial charge in [-0.25, -0.2) is 0 Å². The number of hydrogen-bond acceptors (Lipinski definition) is 2. The summed E-state index contributed by atoms with van der Waals surface area (Å²) >= 11 is 0. The maximum atomic E-state index is 9.58. The SMILES string of the molecule is Cc1cccc(OCCC2(O)CC2)c1. The minimum Gasteiger partial charge on any atom is -0.493 e. The van der Waals surface area contributed by atoms with E-state index in [1.807, 2.05) is 31.2 Å². The molecule has 0 aliphatic heterocycles. The molecule has 2 nitrogen and oxygen atoms in total. The fourth-order valence-electron chi connectivity index (χ4n) is 1.46. The van der Waals surface area contributed by atoms with E-state index in [9.17, 15) is 5.11 Å². The fraction of sp³-hybridized carbons (Fsp3) is 0.500. The minimum atomic E-state index is -0.399. The molecule has 0 amide bonds. The number of ether oxygens (including phenoxy) is 1. The zero-order valence-electron chi connectivity index (χ0n) is 8.49. The molecule has 1 saturated carbocycles. The van der Waals surface area contributed by atoms with E-state index in [4.69, 9.17) is 4.74 Å². The highest BCUT2D eigenvalue weighted by molar-refractivity contribution is 5.27. The molecule has 2 rings (SSSR count). The first-order valence-electron chi connectivity index (χ1n) is 5.10. The van der Waals surface area contributed by atoms with Gasteiger partial charge in [-0.2, -0.15) is 0 Å². The van der Waals surface area contributed by atoms with Gasteiger partial charge in [0.1, 0.15) is 5.75 Å². The lowest BCUT2D eigenvalue weighted by Crippen LogP contribution is -2.12. The molecule has 0 radical (unpaired) electrons. The van der Waals surface area contributed by atoms with Gasteiger partial charge >= 0.3 is 0 Å². The molecular weight excluding hydrogens is 176 g/mol. The summed E-state index contributed by atoms with van der Waals surface area (Å²) in [6.07, 6.45) is 2.62. The van der Waals surface area contributed by atoms with E-state index in [-0.39, 0.29) is 0 Å². The molecule has 76 valence electrons.